The van der Waals surface area contributed by atoms with Crippen LogP contribution >= 0.6 is 7.92 Å². The topological polar surface area (TPSA) is 0 Å². The smallest absolute Gasteiger partial charge is 0 e. The van der Waals surface area contributed by atoms with Crippen molar-refractivity contribution in [2.24, 2.45) is 0 Å². The molecule has 107 valence electrons. The highest BCUT2D eigenvalue weighted by molar-refractivity contribution is 7.79. The first kappa shape index (κ1) is 16.5. The lowest BCUT2D eigenvalue weighted by Crippen LogP contribution is -2.20. The van der Waals surface area contributed by atoms with E-state index in [0.29, 0.717) is 0 Å². The summed E-state index contributed by atoms with van der Waals surface area (Å²) in [4.78, 5) is 0. The number of aryl methyl sites for hydroxylation is 2. The van der Waals surface area contributed by atoms with Gasteiger partial charge in [-0.3, -0.25) is 0 Å². The minimum atomic E-state index is -0.471. The van der Waals surface area contributed by atoms with Crippen LogP contribution in [0, 0.1) is 13.8 Å². The van der Waals surface area contributed by atoms with Crippen LogP contribution in [-0.4, -0.2) is 8.41 Å². The van der Waals surface area contributed by atoms with Gasteiger partial charge in [0.15, 0.2) is 0 Å². The van der Waals surface area contributed by atoms with Gasteiger partial charge in [-0.2, -0.15) is 0 Å². The molecule has 22 heavy (non-hydrogen) atoms. The van der Waals surface area contributed by atoms with Crippen molar-refractivity contribution in [1.29, 1.82) is 0 Å². The molecule has 2 heteroatoms. The summed E-state index contributed by atoms with van der Waals surface area (Å²) in [6, 6.07) is 28.8. The Morgan fingerprint density at radius 3 is 1.27 bits per heavy atom. The van der Waals surface area contributed by atoms with Crippen LogP contribution in [0.5, 0.6) is 0 Å². The fraction of sp³-hybridized carbons (Fsp3) is 0.100. The summed E-state index contributed by atoms with van der Waals surface area (Å²) < 4.78 is 0. The summed E-state index contributed by atoms with van der Waals surface area (Å²) in [7, 11) is -0.471. The number of hydrogen-bond acceptors (Lipinski definition) is 0. The Labute approximate surface area is 136 Å². The molecule has 0 N–H and O–H groups in total. The van der Waals surface area contributed by atoms with Gasteiger partial charge in [0.2, 0.25) is 0 Å². The molecule has 0 nitrogen and oxygen atoms in total. The van der Waals surface area contributed by atoms with Crippen LogP contribution < -0.4 is 15.9 Å². The Morgan fingerprint density at radius 1 is 0.500 bits per heavy atom. The molecule has 0 aromatic heterocycles. The number of hydrogen-bond donors (Lipinski definition) is 0. The van der Waals surface area contributed by atoms with E-state index in [9.17, 15) is 0 Å². The van der Waals surface area contributed by atoms with E-state index in [4.69, 9.17) is 0 Å². The molecule has 0 saturated carbocycles. The van der Waals surface area contributed by atoms with Gasteiger partial charge in [0, 0.05) is 8.41 Å². The quantitative estimate of drug-likeness (QED) is 0.511. The Balaban J connectivity index is 0.00000176. The van der Waals surface area contributed by atoms with E-state index in [1.807, 2.05) is 0 Å². The third kappa shape index (κ3) is 3.67. The van der Waals surface area contributed by atoms with Gasteiger partial charge in [0.05, 0.1) is 0 Å². The number of benzene rings is 3. The summed E-state index contributed by atoms with van der Waals surface area (Å²) in [6.45, 7) is 4.28. The Bertz CT molecular complexity index is 657. The van der Waals surface area contributed by atoms with Crippen molar-refractivity contribution < 1.29 is 0 Å². The molecule has 0 bridgehead atoms. The van der Waals surface area contributed by atoms with E-state index in [1.54, 1.807) is 0 Å². The minimum absolute atomic E-state index is 0. The Hall–Kier alpha value is -1.85. The normalized spacial score (nSPS) is 10.3. The fourth-order valence-corrected chi connectivity index (χ4v) is 4.67. The molecule has 0 aliphatic rings. The second-order valence-electron chi connectivity index (χ2n) is 5.34. The standard InChI is InChI=1S/C20H19P.B/c1-16-8-12-19(13-9-16)21(18-6-4-3-5-7-18)20-14-10-17(2)11-15-20;/h3-15H,1-2H3;. The van der Waals surface area contributed by atoms with Crippen LogP contribution in [0.1, 0.15) is 11.1 Å². The molecule has 0 fully saturated rings. The van der Waals surface area contributed by atoms with Crippen molar-refractivity contribution >= 4 is 32.2 Å². The van der Waals surface area contributed by atoms with Gasteiger partial charge in [0.1, 0.15) is 0 Å². The molecule has 0 aliphatic carbocycles. The molecule has 0 saturated heterocycles. The molecule has 0 unspecified atom stereocenters. The van der Waals surface area contributed by atoms with Crippen molar-refractivity contribution in [1.82, 2.24) is 0 Å². The Morgan fingerprint density at radius 2 is 0.864 bits per heavy atom. The molecule has 0 atom stereocenters. The summed E-state index contributed by atoms with van der Waals surface area (Å²) in [6.07, 6.45) is 0. The predicted molar refractivity (Wildman–Crippen MR) is 100 cm³/mol. The molecule has 0 spiro atoms. The minimum Gasteiger partial charge on any atom is -0.0622 e. The van der Waals surface area contributed by atoms with Crippen LogP contribution in [0.2, 0.25) is 0 Å². The van der Waals surface area contributed by atoms with Crippen molar-refractivity contribution in [3.63, 3.8) is 0 Å². The van der Waals surface area contributed by atoms with Gasteiger partial charge in [-0.1, -0.05) is 90.0 Å². The molecule has 0 aliphatic heterocycles. The van der Waals surface area contributed by atoms with Crippen LogP contribution in [0.25, 0.3) is 0 Å². The maximum absolute atomic E-state index is 2.27. The Kier molecular flexibility index (Phi) is 5.58. The zero-order chi connectivity index (χ0) is 14.7. The van der Waals surface area contributed by atoms with Crippen molar-refractivity contribution in [2.45, 2.75) is 13.8 Å². The van der Waals surface area contributed by atoms with Crippen LogP contribution in [0.3, 0.4) is 0 Å². The lowest BCUT2D eigenvalue weighted by atomic mass is 10.2. The van der Waals surface area contributed by atoms with Gasteiger partial charge in [-0.15, -0.1) is 0 Å². The molecule has 0 heterocycles. The maximum Gasteiger partial charge on any atom is 0 e. The lowest BCUT2D eigenvalue weighted by Gasteiger charge is -2.19. The van der Waals surface area contributed by atoms with Gasteiger partial charge >= 0.3 is 0 Å². The molecule has 3 rings (SSSR count). The van der Waals surface area contributed by atoms with Gasteiger partial charge in [-0.05, 0) is 37.7 Å². The molecular weight excluding hydrogens is 282 g/mol. The summed E-state index contributed by atoms with van der Waals surface area (Å²) >= 11 is 0. The predicted octanol–water partition coefficient (Wildman–Crippen LogP) is 3.68. The van der Waals surface area contributed by atoms with E-state index in [1.165, 1.54) is 27.0 Å². The van der Waals surface area contributed by atoms with E-state index < -0.39 is 7.92 Å². The van der Waals surface area contributed by atoms with E-state index in [2.05, 4.69) is 92.7 Å². The highest BCUT2D eigenvalue weighted by atomic mass is 31.1. The van der Waals surface area contributed by atoms with Crippen molar-refractivity contribution in [3.05, 3.63) is 90.0 Å². The molecule has 3 aromatic carbocycles. The summed E-state index contributed by atoms with van der Waals surface area (Å²) in [5.41, 5.74) is 2.62. The highest BCUT2D eigenvalue weighted by Crippen LogP contribution is 2.32. The lowest BCUT2D eigenvalue weighted by molar-refractivity contribution is 1.49. The first-order valence-electron chi connectivity index (χ1n) is 7.22. The van der Waals surface area contributed by atoms with E-state index in [0.717, 1.165) is 0 Å². The second-order valence-corrected chi connectivity index (χ2v) is 7.56. The highest BCUT2D eigenvalue weighted by Gasteiger charge is 2.15. The maximum atomic E-state index is 2.27. The average Bonchev–Trinajstić information content (AvgIpc) is 2.52. The zero-order valence-electron chi connectivity index (χ0n) is 13.0. The van der Waals surface area contributed by atoms with Gasteiger partial charge in [0.25, 0.3) is 0 Å². The van der Waals surface area contributed by atoms with E-state index >= 15 is 0 Å². The third-order valence-electron chi connectivity index (χ3n) is 3.60. The van der Waals surface area contributed by atoms with Gasteiger partial charge in [-0.25, -0.2) is 0 Å². The molecular formula is C20H19BP. The first-order chi connectivity index (χ1) is 10.2. The third-order valence-corrected chi connectivity index (χ3v) is 6.04. The molecule has 0 amide bonds. The van der Waals surface area contributed by atoms with Gasteiger partial charge < -0.3 is 0 Å². The zero-order valence-corrected chi connectivity index (χ0v) is 13.9. The average molecular weight is 301 g/mol. The molecule has 3 aromatic rings. The number of rotatable bonds is 3. The first-order valence-corrected chi connectivity index (χ1v) is 8.57. The fourth-order valence-electron chi connectivity index (χ4n) is 2.41. The van der Waals surface area contributed by atoms with E-state index in [-0.39, 0.29) is 8.41 Å². The SMILES string of the molecule is Cc1ccc(P(c2ccccc2)c2ccc(C)cc2)cc1.[B]. The van der Waals surface area contributed by atoms with Crippen LogP contribution in [-0.2, 0) is 0 Å². The second kappa shape index (κ2) is 7.43. The largest absolute Gasteiger partial charge is 0.0622 e. The monoisotopic (exact) mass is 301 g/mol. The van der Waals surface area contributed by atoms with Crippen molar-refractivity contribution in [2.75, 3.05) is 0 Å². The van der Waals surface area contributed by atoms with Crippen LogP contribution in [0.4, 0.5) is 0 Å². The van der Waals surface area contributed by atoms with Crippen LogP contribution in [0.15, 0.2) is 78.9 Å². The molecule has 3 radical (unpaired) electrons. The summed E-state index contributed by atoms with van der Waals surface area (Å²) in [5.74, 6) is 0. The summed E-state index contributed by atoms with van der Waals surface area (Å²) in [5, 5.41) is 4.22. The van der Waals surface area contributed by atoms with Crippen molar-refractivity contribution in [3.8, 4) is 0 Å².